The molecular weight excluding hydrogens is 369 g/mol. The van der Waals surface area contributed by atoms with E-state index in [4.69, 9.17) is 0 Å². The van der Waals surface area contributed by atoms with Gasteiger partial charge in [-0.3, -0.25) is 9.88 Å². The highest BCUT2D eigenvalue weighted by Gasteiger charge is 2.33. The van der Waals surface area contributed by atoms with Gasteiger partial charge in [0.25, 0.3) is 0 Å². The fourth-order valence-corrected chi connectivity index (χ4v) is 3.32. The van der Waals surface area contributed by atoms with Crippen LogP contribution in [0.4, 0.5) is 18.0 Å². The van der Waals surface area contributed by atoms with Gasteiger partial charge in [-0.05, 0) is 29.7 Å². The van der Waals surface area contributed by atoms with Crippen LogP contribution in [0, 0.1) is 0 Å². The van der Waals surface area contributed by atoms with E-state index in [1.807, 2.05) is 18.3 Å². The molecular formula is C20H23F3N4O. The summed E-state index contributed by atoms with van der Waals surface area (Å²) in [6.45, 7) is 3.30. The molecule has 1 aliphatic rings. The molecule has 1 aromatic heterocycles. The molecule has 1 aliphatic heterocycles. The number of carbonyl (C=O) groups is 1. The lowest BCUT2D eigenvalue weighted by atomic mass is 10.1. The number of benzene rings is 1. The number of hydrogen-bond donors (Lipinski definition) is 1. The Morgan fingerprint density at radius 3 is 2.64 bits per heavy atom. The minimum Gasteiger partial charge on any atom is -0.334 e. The maximum Gasteiger partial charge on any atom is 0.416 e. The summed E-state index contributed by atoms with van der Waals surface area (Å²) in [5.74, 6) is 0. The van der Waals surface area contributed by atoms with Crippen molar-refractivity contribution in [3.05, 3.63) is 65.5 Å². The summed E-state index contributed by atoms with van der Waals surface area (Å²) in [6.07, 6.45) is -0.0636. The number of rotatable bonds is 4. The van der Waals surface area contributed by atoms with Crippen LogP contribution in [0.1, 0.15) is 23.1 Å². The van der Waals surface area contributed by atoms with Gasteiger partial charge in [0.2, 0.25) is 0 Å². The van der Waals surface area contributed by atoms with Gasteiger partial charge in [-0.2, -0.15) is 13.2 Å². The summed E-state index contributed by atoms with van der Waals surface area (Å²) in [5, 5.41) is 2.63. The largest absolute Gasteiger partial charge is 0.416 e. The zero-order valence-corrected chi connectivity index (χ0v) is 15.5. The molecule has 0 saturated carbocycles. The molecule has 0 spiro atoms. The van der Waals surface area contributed by atoms with Gasteiger partial charge in [-0.1, -0.05) is 24.3 Å². The normalized spacial score (nSPS) is 15.9. The molecule has 0 bridgehead atoms. The monoisotopic (exact) mass is 392 g/mol. The van der Waals surface area contributed by atoms with E-state index in [-0.39, 0.29) is 18.1 Å². The van der Waals surface area contributed by atoms with Crippen LogP contribution in [0.2, 0.25) is 0 Å². The van der Waals surface area contributed by atoms with Crippen molar-refractivity contribution in [1.82, 2.24) is 20.1 Å². The number of amides is 2. The Morgan fingerprint density at radius 1 is 1.07 bits per heavy atom. The Kier molecular flexibility index (Phi) is 6.51. The quantitative estimate of drug-likeness (QED) is 0.866. The summed E-state index contributed by atoms with van der Waals surface area (Å²) < 4.78 is 39.2. The second kappa shape index (κ2) is 9.05. The molecule has 0 unspecified atom stereocenters. The third kappa shape index (κ3) is 5.45. The number of aromatic nitrogens is 1. The second-order valence-electron chi connectivity index (χ2n) is 6.79. The average Bonchev–Trinajstić information content (AvgIpc) is 2.92. The molecule has 1 saturated heterocycles. The SMILES string of the molecule is O=C(NCc1ccccc1C(F)(F)F)N1CCCN(Cc2cccnc2)CC1. The maximum absolute atomic E-state index is 13.1. The molecule has 1 N–H and O–H groups in total. The summed E-state index contributed by atoms with van der Waals surface area (Å²) in [6, 6.07) is 8.88. The summed E-state index contributed by atoms with van der Waals surface area (Å²) in [4.78, 5) is 20.5. The molecule has 2 amide bonds. The van der Waals surface area contributed by atoms with Gasteiger partial charge < -0.3 is 10.2 Å². The van der Waals surface area contributed by atoms with Crippen molar-refractivity contribution in [2.75, 3.05) is 26.2 Å². The van der Waals surface area contributed by atoms with Gasteiger partial charge in [0.1, 0.15) is 0 Å². The summed E-state index contributed by atoms with van der Waals surface area (Å²) in [5.41, 5.74) is 0.467. The number of urea groups is 1. The van der Waals surface area contributed by atoms with E-state index in [0.717, 1.165) is 31.1 Å². The van der Waals surface area contributed by atoms with Gasteiger partial charge in [0, 0.05) is 51.7 Å². The molecule has 1 fully saturated rings. The fourth-order valence-electron chi connectivity index (χ4n) is 3.32. The van der Waals surface area contributed by atoms with Crippen LogP contribution in [0.25, 0.3) is 0 Å². The topological polar surface area (TPSA) is 48.5 Å². The smallest absolute Gasteiger partial charge is 0.334 e. The standard InChI is InChI=1S/C20H23F3N4O/c21-20(22,23)18-7-2-1-6-17(18)14-25-19(28)27-10-4-9-26(11-12-27)15-16-5-3-8-24-13-16/h1-3,5-8,13H,4,9-12,14-15H2,(H,25,28). The first-order chi connectivity index (χ1) is 13.4. The number of halogens is 3. The predicted octanol–water partition coefficient (Wildman–Crippen LogP) is 3.52. The van der Waals surface area contributed by atoms with Crippen molar-refractivity contribution in [3.8, 4) is 0 Å². The van der Waals surface area contributed by atoms with Gasteiger partial charge >= 0.3 is 12.2 Å². The van der Waals surface area contributed by atoms with E-state index in [1.165, 1.54) is 12.1 Å². The third-order valence-corrected chi connectivity index (χ3v) is 4.76. The van der Waals surface area contributed by atoms with E-state index in [9.17, 15) is 18.0 Å². The Morgan fingerprint density at radius 2 is 1.89 bits per heavy atom. The minimum absolute atomic E-state index is 0.0661. The van der Waals surface area contributed by atoms with E-state index in [0.29, 0.717) is 19.6 Å². The van der Waals surface area contributed by atoms with Crippen LogP contribution < -0.4 is 5.32 Å². The van der Waals surface area contributed by atoms with Gasteiger partial charge in [-0.15, -0.1) is 0 Å². The minimum atomic E-state index is -4.43. The van der Waals surface area contributed by atoms with Crippen molar-refractivity contribution in [2.24, 2.45) is 0 Å². The highest BCUT2D eigenvalue weighted by Crippen LogP contribution is 2.31. The van der Waals surface area contributed by atoms with Gasteiger partial charge in [0.15, 0.2) is 0 Å². The highest BCUT2D eigenvalue weighted by atomic mass is 19.4. The molecule has 150 valence electrons. The molecule has 0 atom stereocenters. The summed E-state index contributed by atoms with van der Waals surface area (Å²) in [7, 11) is 0. The second-order valence-corrected chi connectivity index (χ2v) is 6.79. The number of nitrogens with one attached hydrogen (secondary N) is 1. The lowest BCUT2D eigenvalue weighted by molar-refractivity contribution is -0.138. The van der Waals surface area contributed by atoms with Crippen molar-refractivity contribution < 1.29 is 18.0 Å². The zero-order valence-electron chi connectivity index (χ0n) is 15.5. The number of nitrogens with zero attached hydrogens (tertiary/aromatic N) is 3. The van der Waals surface area contributed by atoms with E-state index >= 15 is 0 Å². The van der Waals surface area contributed by atoms with Crippen LogP contribution in [-0.2, 0) is 19.3 Å². The Balaban J connectivity index is 1.53. The van der Waals surface area contributed by atoms with E-state index in [1.54, 1.807) is 17.2 Å². The fraction of sp³-hybridized carbons (Fsp3) is 0.400. The van der Waals surface area contributed by atoms with Crippen molar-refractivity contribution in [2.45, 2.75) is 25.7 Å². The summed E-state index contributed by atoms with van der Waals surface area (Å²) >= 11 is 0. The number of hydrogen-bond acceptors (Lipinski definition) is 3. The first kappa shape index (κ1) is 20.1. The number of alkyl halides is 3. The third-order valence-electron chi connectivity index (χ3n) is 4.76. The van der Waals surface area contributed by atoms with Crippen LogP contribution in [0.5, 0.6) is 0 Å². The first-order valence-electron chi connectivity index (χ1n) is 9.22. The van der Waals surface area contributed by atoms with Crippen molar-refractivity contribution >= 4 is 6.03 Å². The van der Waals surface area contributed by atoms with Crippen LogP contribution in [-0.4, -0.2) is 47.0 Å². The molecule has 2 aromatic rings. The first-order valence-corrected chi connectivity index (χ1v) is 9.22. The number of pyridine rings is 1. The maximum atomic E-state index is 13.1. The van der Waals surface area contributed by atoms with Crippen molar-refractivity contribution in [1.29, 1.82) is 0 Å². The molecule has 5 nitrogen and oxygen atoms in total. The van der Waals surface area contributed by atoms with Crippen LogP contribution in [0.3, 0.4) is 0 Å². The lowest BCUT2D eigenvalue weighted by Gasteiger charge is -2.23. The van der Waals surface area contributed by atoms with Crippen LogP contribution in [0.15, 0.2) is 48.8 Å². The molecule has 8 heteroatoms. The van der Waals surface area contributed by atoms with Gasteiger partial charge in [-0.25, -0.2) is 4.79 Å². The lowest BCUT2D eigenvalue weighted by Crippen LogP contribution is -2.41. The Labute approximate surface area is 162 Å². The average molecular weight is 392 g/mol. The molecule has 1 aromatic carbocycles. The molecule has 28 heavy (non-hydrogen) atoms. The Hall–Kier alpha value is -2.61. The highest BCUT2D eigenvalue weighted by molar-refractivity contribution is 5.74. The zero-order chi connectivity index (χ0) is 20.0. The molecule has 0 aliphatic carbocycles. The Bertz CT molecular complexity index is 783. The van der Waals surface area contributed by atoms with E-state index < -0.39 is 11.7 Å². The van der Waals surface area contributed by atoms with E-state index in [2.05, 4.69) is 15.2 Å². The molecule has 3 rings (SSSR count). The van der Waals surface area contributed by atoms with Crippen molar-refractivity contribution in [3.63, 3.8) is 0 Å². The van der Waals surface area contributed by atoms with Crippen LogP contribution >= 0.6 is 0 Å². The number of carbonyl (C=O) groups excluding carboxylic acids is 1. The molecule has 0 radical (unpaired) electrons. The predicted molar refractivity (Wildman–Crippen MR) is 99.4 cm³/mol. The van der Waals surface area contributed by atoms with Gasteiger partial charge in [0.05, 0.1) is 5.56 Å². The molecule has 2 heterocycles.